The lowest BCUT2D eigenvalue weighted by molar-refractivity contribution is -0.136. The van der Waals surface area contributed by atoms with Gasteiger partial charge < -0.3 is 33.8 Å². The molecule has 1 spiro atoms. The standard InChI is InChI=1S/C28H30N4O6/c1-31-10-6-20-3-2-19(14-24(20)31)16-37-30-23-7-13-35-25-15-21(4-5-22(23)25)36-17-26(33)32-11-8-28(9-12-32)18-29-27(34)38-28/h2-6,10,14-15H,7-9,11-13,16-18H2,1H3,(H,29,34). The first-order valence-electron chi connectivity index (χ1n) is 12.9. The Hall–Kier alpha value is -4.21. The minimum absolute atomic E-state index is 0.0701. The first-order valence-corrected chi connectivity index (χ1v) is 12.9. The molecule has 0 saturated carbocycles. The maximum Gasteiger partial charge on any atom is 0.407 e. The number of hydrogen-bond acceptors (Lipinski definition) is 7. The van der Waals surface area contributed by atoms with Crippen LogP contribution < -0.4 is 14.8 Å². The van der Waals surface area contributed by atoms with Crippen LogP contribution in [0, 0.1) is 0 Å². The molecule has 0 atom stereocenters. The van der Waals surface area contributed by atoms with Gasteiger partial charge in [0.1, 0.15) is 23.7 Å². The number of amides is 2. The van der Waals surface area contributed by atoms with Gasteiger partial charge in [0.25, 0.3) is 5.91 Å². The number of piperidine rings is 1. The highest BCUT2D eigenvalue weighted by Gasteiger charge is 2.43. The van der Waals surface area contributed by atoms with Gasteiger partial charge in [0.2, 0.25) is 0 Å². The third-order valence-corrected chi connectivity index (χ3v) is 7.47. The number of rotatable bonds is 6. The molecule has 4 heterocycles. The van der Waals surface area contributed by atoms with Crippen molar-refractivity contribution in [2.45, 2.75) is 31.5 Å². The van der Waals surface area contributed by atoms with Crippen molar-refractivity contribution in [2.75, 3.05) is 32.8 Å². The molecule has 3 aromatic rings. The number of aryl methyl sites for hydroxylation is 1. The van der Waals surface area contributed by atoms with Gasteiger partial charge in [-0.25, -0.2) is 4.79 Å². The van der Waals surface area contributed by atoms with Gasteiger partial charge in [-0.2, -0.15) is 0 Å². The number of nitrogens with one attached hydrogen (secondary N) is 1. The summed E-state index contributed by atoms with van der Waals surface area (Å²) in [5.74, 6) is 1.11. The zero-order valence-electron chi connectivity index (χ0n) is 21.3. The maximum absolute atomic E-state index is 12.7. The zero-order valence-corrected chi connectivity index (χ0v) is 21.3. The van der Waals surface area contributed by atoms with Gasteiger partial charge in [0, 0.05) is 62.7 Å². The van der Waals surface area contributed by atoms with Crippen LogP contribution >= 0.6 is 0 Å². The lowest BCUT2D eigenvalue weighted by Crippen LogP contribution is -2.49. The Bertz CT molecular complexity index is 1410. The summed E-state index contributed by atoms with van der Waals surface area (Å²) < 4.78 is 19.1. The summed E-state index contributed by atoms with van der Waals surface area (Å²) in [5.41, 5.74) is 3.39. The van der Waals surface area contributed by atoms with E-state index in [4.69, 9.17) is 19.0 Å². The highest BCUT2D eigenvalue weighted by molar-refractivity contribution is 6.03. The number of aromatic nitrogens is 1. The van der Waals surface area contributed by atoms with E-state index in [0.717, 1.165) is 22.4 Å². The van der Waals surface area contributed by atoms with Crippen LogP contribution in [0.3, 0.4) is 0 Å². The fourth-order valence-electron chi connectivity index (χ4n) is 5.20. The van der Waals surface area contributed by atoms with Crippen molar-refractivity contribution in [3.05, 3.63) is 59.8 Å². The van der Waals surface area contributed by atoms with Crippen LogP contribution in [0.25, 0.3) is 10.9 Å². The van der Waals surface area contributed by atoms with Crippen molar-refractivity contribution < 1.29 is 28.6 Å². The van der Waals surface area contributed by atoms with Crippen LogP contribution in [0.4, 0.5) is 4.79 Å². The molecule has 2 saturated heterocycles. The van der Waals surface area contributed by atoms with Crippen molar-refractivity contribution in [1.82, 2.24) is 14.8 Å². The number of nitrogens with zero attached hydrogens (tertiary/aromatic N) is 3. The Kier molecular flexibility index (Phi) is 6.30. The smallest absolute Gasteiger partial charge is 0.407 e. The molecule has 2 aromatic carbocycles. The predicted molar refractivity (Wildman–Crippen MR) is 139 cm³/mol. The Morgan fingerprint density at radius 3 is 2.84 bits per heavy atom. The van der Waals surface area contributed by atoms with Gasteiger partial charge in [-0.15, -0.1) is 0 Å². The molecule has 1 aromatic heterocycles. The van der Waals surface area contributed by atoms with E-state index >= 15 is 0 Å². The molecule has 3 aliphatic rings. The second kappa shape index (κ2) is 9.92. The van der Waals surface area contributed by atoms with Gasteiger partial charge in [0.15, 0.2) is 6.61 Å². The summed E-state index contributed by atoms with van der Waals surface area (Å²) >= 11 is 0. The van der Waals surface area contributed by atoms with Gasteiger partial charge in [-0.3, -0.25) is 4.79 Å². The summed E-state index contributed by atoms with van der Waals surface area (Å²) in [5, 5.41) is 8.30. The highest BCUT2D eigenvalue weighted by Crippen LogP contribution is 2.31. The van der Waals surface area contributed by atoms with Gasteiger partial charge in [0.05, 0.1) is 18.9 Å². The molecule has 2 fully saturated rings. The van der Waals surface area contributed by atoms with Gasteiger partial charge >= 0.3 is 6.09 Å². The summed E-state index contributed by atoms with van der Waals surface area (Å²) in [6, 6.07) is 13.8. The summed E-state index contributed by atoms with van der Waals surface area (Å²) in [6.45, 7) is 2.35. The Morgan fingerprint density at radius 2 is 2.03 bits per heavy atom. The number of likely N-dealkylation sites (tertiary alicyclic amines) is 1. The Morgan fingerprint density at radius 1 is 1.16 bits per heavy atom. The quantitative estimate of drug-likeness (QED) is 0.502. The molecule has 10 nitrogen and oxygen atoms in total. The lowest BCUT2D eigenvalue weighted by Gasteiger charge is -2.37. The molecular weight excluding hydrogens is 488 g/mol. The van der Waals surface area contributed by atoms with Crippen molar-refractivity contribution >= 4 is 28.6 Å². The third-order valence-electron chi connectivity index (χ3n) is 7.47. The van der Waals surface area contributed by atoms with Crippen molar-refractivity contribution in [3.8, 4) is 11.5 Å². The van der Waals surface area contributed by atoms with Crippen molar-refractivity contribution in [1.29, 1.82) is 0 Å². The third kappa shape index (κ3) is 4.85. The number of ether oxygens (including phenoxy) is 3. The molecule has 0 radical (unpaired) electrons. The van der Waals surface area contributed by atoms with Crippen LogP contribution in [0.2, 0.25) is 0 Å². The summed E-state index contributed by atoms with van der Waals surface area (Å²) in [6.07, 6.45) is 3.54. The Labute approximate surface area is 220 Å². The maximum atomic E-state index is 12.7. The second-order valence-electron chi connectivity index (χ2n) is 9.98. The van der Waals surface area contributed by atoms with E-state index in [1.54, 1.807) is 11.0 Å². The monoisotopic (exact) mass is 518 g/mol. The fourth-order valence-corrected chi connectivity index (χ4v) is 5.20. The SMILES string of the molecule is Cn1ccc2ccc(CON=C3CCOc4cc(OCC(=O)N5CCC6(CC5)CNC(=O)O6)ccc43)cc21. The molecule has 10 heteroatoms. The van der Waals surface area contributed by atoms with Crippen molar-refractivity contribution in [3.63, 3.8) is 0 Å². The molecule has 198 valence electrons. The van der Waals surface area contributed by atoms with Gasteiger partial charge in [-0.05, 0) is 35.2 Å². The van der Waals surface area contributed by atoms with E-state index in [9.17, 15) is 9.59 Å². The first-order chi connectivity index (χ1) is 18.5. The molecule has 1 N–H and O–H groups in total. The zero-order chi connectivity index (χ0) is 26.1. The fraction of sp³-hybridized carbons (Fsp3) is 0.393. The van der Waals surface area contributed by atoms with E-state index in [0.29, 0.717) is 63.6 Å². The number of carbonyl (C=O) groups excluding carboxylic acids is 2. The number of alkyl carbamates (subject to hydrolysis) is 1. The van der Waals surface area contributed by atoms with E-state index in [1.807, 2.05) is 31.4 Å². The highest BCUT2D eigenvalue weighted by atomic mass is 16.6. The number of carbonyl (C=O) groups is 2. The molecule has 6 rings (SSSR count). The minimum Gasteiger partial charge on any atom is -0.492 e. The molecule has 0 bridgehead atoms. The van der Waals surface area contributed by atoms with E-state index < -0.39 is 5.60 Å². The van der Waals surface area contributed by atoms with E-state index in [1.165, 1.54) is 5.39 Å². The average Bonchev–Trinajstić information content (AvgIpc) is 3.49. The first kappa shape index (κ1) is 24.1. The Balaban J connectivity index is 1.04. The molecular formula is C28H30N4O6. The van der Waals surface area contributed by atoms with E-state index in [-0.39, 0.29) is 18.6 Å². The lowest BCUT2D eigenvalue weighted by atomic mass is 9.91. The molecule has 2 amide bonds. The van der Waals surface area contributed by atoms with Gasteiger partial charge in [-0.1, -0.05) is 17.3 Å². The average molecular weight is 519 g/mol. The molecule has 0 unspecified atom stereocenters. The second-order valence-corrected chi connectivity index (χ2v) is 9.98. The molecule has 38 heavy (non-hydrogen) atoms. The van der Waals surface area contributed by atoms with Crippen LogP contribution in [-0.4, -0.2) is 65.6 Å². The largest absolute Gasteiger partial charge is 0.492 e. The number of benzene rings is 2. The molecule has 3 aliphatic heterocycles. The van der Waals surface area contributed by atoms with Crippen LogP contribution in [-0.2, 0) is 28.0 Å². The minimum atomic E-state index is -0.483. The topological polar surface area (TPSA) is 104 Å². The molecule has 0 aliphatic carbocycles. The van der Waals surface area contributed by atoms with Crippen molar-refractivity contribution in [2.24, 2.45) is 12.2 Å². The summed E-state index contributed by atoms with van der Waals surface area (Å²) in [4.78, 5) is 31.6. The number of oxime groups is 1. The predicted octanol–water partition coefficient (Wildman–Crippen LogP) is 3.36. The number of fused-ring (bicyclic) bond motifs is 2. The summed E-state index contributed by atoms with van der Waals surface area (Å²) in [7, 11) is 2.02. The van der Waals surface area contributed by atoms with Crippen LogP contribution in [0.1, 0.15) is 30.4 Å². The van der Waals surface area contributed by atoms with Crippen LogP contribution in [0.15, 0.2) is 53.8 Å². The van der Waals surface area contributed by atoms with Crippen LogP contribution in [0.5, 0.6) is 11.5 Å². The number of hydrogen-bond donors (Lipinski definition) is 1. The normalized spacial score (nSPS) is 19.1. The van der Waals surface area contributed by atoms with E-state index in [2.05, 4.69) is 33.2 Å².